The molecule has 1 heterocycles. The first-order valence-corrected chi connectivity index (χ1v) is 9.53. The van der Waals surface area contributed by atoms with Crippen LogP contribution in [0.4, 0.5) is 5.69 Å². The van der Waals surface area contributed by atoms with Crippen molar-refractivity contribution in [1.29, 1.82) is 0 Å². The molecule has 0 N–H and O–H groups in total. The van der Waals surface area contributed by atoms with Crippen molar-refractivity contribution in [2.45, 2.75) is 0 Å². The topological polar surface area (TPSA) is 25.5 Å². The Balaban J connectivity index is 1.94. The molecule has 0 bridgehead atoms. The summed E-state index contributed by atoms with van der Waals surface area (Å²) in [5.74, 6) is 0.781. The van der Waals surface area contributed by atoms with Crippen LogP contribution in [0.15, 0.2) is 88.3 Å². The van der Waals surface area contributed by atoms with Crippen LogP contribution in [0, 0.1) is 0 Å². The second kappa shape index (κ2) is 7.50. The molecule has 3 aromatic carbocycles. The molecule has 4 aromatic rings. The molecule has 0 spiro atoms. The van der Waals surface area contributed by atoms with E-state index in [1.165, 1.54) is 11.3 Å². The van der Waals surface area contributed by atoms with E-state index in [1.807, 2.05) is 48.5 Å². The lowest BCUT2D eigenvalue weighted by molar-refractivity contribution is 0.539. The van der Waals surface area contributed by atoms with Gasteiger partial charge in [-0.1, -0.05) is 101 Å². The van der Waals surface area contributed by atoms with Crippen molar-refractivity contribution in [2.24, 2.45) is 4.99 Å². The molecule has 0 unspecified atom stereocenters. The fraction of sp³-hybridized carbons (Fsp3) is 0. The van der Waals surface area contributed by atoms with Crippen LogP contribution in [0.2, 0.25) is 10.0 Å². The van der Waals surface area contributed by atoms with Crippen molar-refractivity contribution in [3.63, 3.8) is 0 Å². The van der Waals surface area contributed by atoms with Gasteiger partial charge in [0.2, 0.25) is 0 Å². The highest BCUT2D eigenvalue weighted by Gasteiger charge is 2.14. The van der Waals surface area contributed by atoms with E-state index in [2.05, 4.69) is 17.1 Å². The van der Waals surface area contributed by atoms with Crippen LogP contribution in [0.5, 0.6) is 0 Å². The van der Waals surface area contributed by atoms with E-state index in [0.717, 1.165) is 21.8 Å². The largest absolute Gasteiger partial charge is 0.429 e. The smallest absolute Gasteiger partial charge is 0.280 e. The van der Waals surface area contributed by atoms with Gasteiger partial charge in [0.05, 0.1) is 14.9 Å². The third-order valence-corrected chi connectivity index (χ3v) is 5.38. The molecule has 0 atom stereocenters. The van der Waals surface area contributed by atoms with E-state index in [9.17, 15) is 0 Å². The third kappa shape index (κ3) is 3.47. The second-order valence-corrected chi connectivity index (χ2v) is 7.32. The standard InChI is InChI=1S/C21H13Cl2NOS/c22-16-12-7-13-17(23)18(16)24-21-25-19(14-8-3-1-4-9-14)20(26-21)15-10-5-2-6-11-15/h1-13H. The minimum atomic E-state index is 0.489. The summed E-state index contributed by atoms with van der Waals surface area (Å²) in [7, 11) is 0. The molecular weight excluding hydrogens is 385 g/mol. The number of hydrogen-bond acceptors (Lipinski definition) is 3. The predicted octanol–water partition coefficient (Wildman–Crippen LogP) is 7.21. The minimum Gasteiger partial charge on any atom is -0.429 e. The molecule has 128 valence electrons. The van der Waals surface area contributed by atoms with Gasteiger partial charge in [-0.2, -0.15) is 0 Å². The van der Waals surface area contributed by atoms with Gasteiger partial charge in [-0.3, -0.25) is 0 Å². The number of rotatable bonds is 3. The molecule has 1 aromatic heterocycles. The normalized spacial score (nSPS) is 11.7. The summed E-state index contributed by atoms with van der Waals surface area (Å²) in [4.78, 5) is 6.07. The summed E-state index contributed by atoms with van der Waals surface area (Å²) in [6, 6.07) is 25.4. The van der Waals surface area contributed by atoms with Crippen LogP contribution in [-0.2, 0) is 0 Å². The van der Waals surface area contributed by atoms with Crippen LogP contribution >= 0.6 is 34.5 Å². The summed E-state index contributed by atoms with van der Waals surface area (Å²) in [5.41, 5.74) is 2.58. The Bertz CT molecular complexity index is 1020. The van der Waals surface area contributed by atoms with Crippen LogP contribution in [0.25, 0.3) is 21.8 Å². The Morgan fingerprint density at radius 1 is 0.692 bits per heavy atom. The van der Waals surface area contributed by atoms with E-state index in [0.29, 0.717) is 20.6 Å². The zero-order valence-corrected chi connectivity index (χ0v) is 15.9. The molecule has 26 heavy (non-hydrogen) atoms. The molecule has 0 amide bonds. The van der Waals surface area contributed by atoms with Gasteiger partial charge in [-0.25, -0.2) is 4.99 Å². The van der Waals surface area contributed by atoms with Gasteiger partial charge in [-0.05, 0) is 17.7 Å². The molecule has 0 fully saturated rings. The molecule has 0 saturated carbocycles. The molecule has 2 nitrogen and oxygen atoms in total. The highest BCUT2D eigenvalue weighted by Crippen LogP contribution is 2.36. The van der Waals surface area contributed by atoms with Gasteiger partial charge in [0, 0.05) is 5.56 Å². The van der Waals surface area contributed by atoms with E-state index in [1.54, 1.807) is 18.2 Å². The van der Waals surface area contributed by atoms with Crippen molar-refractivity contribution in [3.05, 3.63) is 93.8 Å². The highest BCUT2D eigenvalue weighted by atomic mass is 35.5. The first kappa shape index (κ1) is 17.1. The van der Waals surface area contributed by atoms with Gasteiger partial charge in [0.15, 0.2) is 5.76 Å². The van der Waals surface area contributed by atoms with E-state index >= 15 is 0 Å². The Morgan fingerprint density at radius 2 is 1.27 bits per heavy atom. The Labute approximate surface area is 165 Å². The molecule has 0 aliphatic heterocycles. The van der Waals surface area contributed by atoms with Crippen LogP contribution < -0.4 is 4.87 Å². The van der Waals surface area contributed by atoms with Gasteiger partial charge in [0.1, 0.15) is 5.69 Å². The minimum absolute atomic E-state index is 0.489. The molecule has 0 saturated heterocycles. The fourth-order valence-corrected chi connectivity index (χ4v) is 4.00. The maximum atomic E-state index is 6.24. The summed E-state index contributed by atoms with van der Waals surface area (Å²) >= 11 is 14.0. The Hall–Kier alpha value is -2.33. The van der Waals surface area contributed by atoms with Crippen molar-refractivity contribution in [2.75, 3.05) is 0 Å². The zero-order valence-electron chi connectivity index (χ0n) is 13.5. The van der Waals surface area contributed by atoms with Crippen molar-refractivity contribution in [3.8, 4) is 21.8 Å². The van der Waals surface area contributed by atoms with Gasteiger partial charge >= 0.3 is 0 Å². The summed E-state index contributed by atoms with van der Waals surface area (Å²) in [6.45, 7) is 0. The Kier molecular flexibility index (Phi) is 4.93. The number of hydrogen-bond donors (Lipinski definition) is 0. The average molecular weight is 398 g/mol. The maximum absolute atomic E-state index is 6.24. The van der Waals surface area contributed by atoms with Gasteiger partial charge in [0.25, 0.3) is 4.87 Å². The van der Waals surface area contributed by atoms with Crippen LogP contribution in [-0.4, -0.2) is 0 Å². The Morgan fingerprint density at radius 3 is 1.88 bits per heavy atom. The number of halogens is 2. The van der Waals surface area contributed by atoms with Crippen LogP contribution in [0.3, 0.4) is 0 Å². The van der Waals surface area contributed by atoms with Crippen molar-refractivity contribution < 1.29 is 4.42 Å². The van der Waals surface area contributed by atoms with E-state index in [-0.39, 0.29) is 0 Å². The fourth-order valence-electron chi connectivity index (χ4n) is 2.58. The first-order valence-electron chi connectivity index (χ1n) is 7.96. The summed E-state index contributed by atoms with van der Waals surface area (Å²) in [5, 5.41) is 0.979. The van der Waals surface area contributed by atoms with E-state index in [4.69, 9.17) is 27.6 Å². The third-order valence-electron chi connectivity index (χ3n) is 3.80. The molecule has 5 heteroatoms. The first-order chi connectivity index (χ1) is 12.7. The molecule has 4 rings (SSSR count). The SMILES string of the molecule is Clc1cccc(Cl)c1N=c1oc(-c2ccccc2)c(-c2ccccc2)s1. The lowest BCUT2D eigenvalue weighted by Crippen LogP contribution is -1.89. The maximum Gasteiger partial charge on any atom is 0.280 e. The van der Waals surface area contributed by atoms with Gasteiger partial charge in [-0.15, -0.1) is 0 Å². The lowest BCUT2D eigenvalue weighted by atomic mass is 10.1. The highest BCUT2D eigenvalue weighted by molar-refractivity contribution is 7.13. The molecule has 0 aliphatic carbocycles. The molecule has 0 aliphatic rings. The summed E-state index contributed by atoms with van der Waals surface area (Å²) in [6.07, 6.45) is 0. The average Bonchev–Trinajstić information content (AvgIpc) is 3.10. The van der Waals surface area contributed by atoms with E-state index < -0.39 is 0 Å². The monoisotopic (exact) mass is 397 g/mol. The van der Waals surface area contributed by atoms with Gasteiger partial charge < -0.3 is 4.42 Å². The number of para-hydroxylation sites is 1. The van der Waals surface area contributed by atoms with Crippen molar-refractivity contribution in [1.82, 2.24) is 0 Å². The molecular formula is C21H13Cl2NOS. The quantitative estimate of drug-likeness (QED) is 0.358. The molecule has 0 radical (unpaired) electrons. The van der Waals surface area contributed by atoms with Crippen LogP contribution in [0.1, 0.15) is 0 Å². The second-order valence-electron chi connectivity index (χ2n) is 5.54. The summed E-state index contributed by atoms with van der Waals surface area (Å²) < 4.78 is 6.10. The number of benzene rings is 3. The predicted molar refractivity (Wildman–Crippen MR) is 109 cm³/mol. The van der Waals surface area contributed by atoms with Crippen molar-refractivity contribution >= 4 is 40.2 Å². The zero-order chi connectivity index (χ0) is 17.9. The number of nitrogens with zero attached hydrogens (tertiary/aromatic N) is 1. The lowest BCUT2D eigenvalue weighted by Gasteiger charge is -2.01.